The van der Waals surface area contributed by atoms with Crippen LogP contribution in [0.4, 0.5) is 0 Å². The van der Waals surface area contributed by atoms with Crippen molar-refractivity contribution in [3.8, 4) is 6.07 Å². The minimum Gasteiger partial charge on any atom is -0.348 e. The molecule has 0 aliphatic heterocycles. The van der Waals surface area contributed by atoms with Crippen LogP contribution in [0.25, 0.3) is 0 Å². The van der Waals surface area contributed by atoms with Gasteiger partial charge in [-0.3, -0.25) is 4.79 Å². The van der Waals surface area contributed by atoms with Crippen LogP contribution < -0.4 is 5.32 Å². The van der Waals surface area contributed by atoms with Gasteiger partial charge in [0.2, 0.25) is 5.91 Å². The van der Waals surface area contributed by atoms with Crippen LogP contribution in [0.5, 0.6) is 0 Å². The van der Waals surface area contributed by atoms with Crippen LogP contribution in [0.1, 0.15) is 37.8 Å². The lowest BCUT2D eigenvalue weighted by Crippen LogP contribution is -2.45. The van der Waals surface area contributed by atoms with Crippen LogP contribution in [0.3, 0.4) is 0 Å². The van der Waals surface area contributed by atoms with Gasteiger partial charge < -0.3 is 5.32 Å². The third-order valence-electron chi connectivity index (χ3n) is 3.50. The number of carbonyl (C=O) groups excluding carboxylic acids is 1. The Morgan fingerprint density at radius 3 is 2.53 bits per heavy atom. The maximum absolute atomic E-state index is 12.0. The van der Waals surface area contributed by atoms with Crippen LogP contribution >= 0.6 is 0 Å². The molecule has 0 bridgehead atoms. The average molecular weight is 228 g/mol. The predicted molar refractivity (Wildman–Crippen MR) is 64.9 cm³/mol. The van der Waals surface area contributed by atoms with E-state index in [0.29, 0.717) is 12.8 Å². The zero-order valence-electron chi connectivity index (χ0n) is 9.94. The zero-order valence-corrected chi connectivity index (χ0v) is 9.94. The molecule has 0 aromatic heterocycles. The molecule has 1 N–H and O–H groups in total. The summed E-state index contributed by atoms with van der Waals surface area (Å²) in [5.41, 5.74) is 0.302. The molecule has 1 amide bonds. The largest absolute Gasteiger partial charge is 0.348 e. The number of nitriles is 1. The average Bonchev–Trinajstić information content (AvgIpc) is 2.29. The summed E-state index contributed by atoms with van der Waals surface area (Å²) in [5.74, 6) is -0.123. The van der Waals surface area contributed by atoms with E-state index in [1.165, 1.54) is 0 Å². The van der Waals surface area contributed by atoms with Gasteiger partial charge in [0.25, 0.3) is 0 Å². The Labute approximate surface area is 101 Å². The number of hydrogen-bond acceptors (Lipinski definition) is 2. The predicted octanol–water partition coefficient (Wildman–Crippen LogP) is 2.56. The van der Waals surface area contributed by atoms with Crippen molar-refractivity contribution >= 4 is 5.91 Å². The summed E-state index contributed by atoms with van der Waals surface area (Å²) in [5, 5.41) is 12.0. The van der Waals surface area contributed by atoms with Crippen LogP contribution in [-0.2, 0) is 4.79 Å². The number of nitrogens with one attached hydrogen (secondary N) is 1. The summed E-state index contributed by atoms with van der Waals surface area (Å²) >= 11 is 0. The molecule has 2 rings (SSSR count). The molecule has 3 heteroatoms. The minimum atomic E-state index is -0.761. The third-order valence-corrected chi connectivity index (χ3v) is 3.50. The van der Waals surface area contributed by atoms with Gasteiger partial charge >= 0.3 is 0 Å². The molecular formula is C14H16N2O. The lowest BCUT2D eigenvalue weighted by Gasteiger charge is -2.34. The maximum atomic E-state index is 12.0. The van der Waals surface area contributed by atoms with Gasteiger partial charge in [0, 0.05) is 0 Å². The highest BCUT2D eigenvalue weighted by molar-refractivity contribution is 5.86. The second kappa shape index (κ2) is 4.58. The topological polar surface area (TPSA) is 52.9 Å². The van der Waals surface area contributed by atoms with E-state index in [0.717, 1.165) is 12.0 Å². The molecule has 1 fully saturated rings. The molecule has 1 aromatic carbocycles. The molecule has 1 saturated carbocycles. The first-order valence-electron chi connectivity index (χ1n) is 5.95. The van der Waals surface area contributed by atoms with Gasteiger partial charge in [0.15, 0.2) is 0 Å². The highest BCUT2D eigenvalue weighted by Gasteiger charge is 2.44. The summed E-state index contributed by atoms with van der Waals surface area (Å²) < 4.78 is 0. The molecule has 1 aliphatic carbocycles. The quantitative estimate of drug-likeness (QED) is 0.864. The van der Waals surface area contributed by atoms with Crippen molar-refractivity contribution in [3.05, 3.63) is 35.9 Å². The van der Waals surface area contributed by atoms with E-state index in [1.54, 1.807) is 0 Å². The van der Waals surface area contributed by atoms with Crippen molar-refractivity contribution < 1.29 is 4.79 Å². The Bertz CT molecular complexity index is 443. The van der Waals surface area contributed by atoms with Crippen LogP contribution in [-0.4, -0.2) is 5.91 Å². The lowest BCUT2D eigenvalue weighted by molar-refractivity contribution is -0.132. The van der Waals surface area contributed by atoms with E-state index in [-0.39, 0.29) is 11.9 Å². The summed E-state index contributed by atoms with van der Waals surface area (Å²) in [7, 11) is 0. The van der Waals surface area contributed by atoms with Gasteiger partial charge in [-0.15, -0.1) is 0 Å². The number of benzene rings is 1. The Kier molecular flexibility index (Phi) is 3.14. The third kappa shape index (κ3) is 2.16. The molecule has 88 valence electrons. The molecule has 3 nitrogen and oxygen atoms in total. The van der Waals surface area contributed by atoms with Gasteiger partial charge in [0.05, 0.1) is 12.1 Å². The van der Waals surface area contributed by atoms with E-state index >= 15 is 0 Å². The molecule has 17 heavy (non-hydrogen) atoms. The molecule has 0 heterocycles. The highest BCUT2D eigenvalue weighted by Crippen LogP contribution is 2.40. The fraction of sp³-hybridized carbons (Fsp3) is 0.429. The van der Waals surface area contributed by atoms with Crippen molar-refractivity contribution in [1.29, 1.82) is 5.26 Å². The standard InChI is InChI=1S/C14H16N2O/c1-11(12-6-3-2-4-7-12)16-13(17)14(10-15)8-5-9-14/h2-4,6-7,11H,5,8-9H2,1H3,(H,16,17). The van der Waals surface area contributed by atoms with E-state index < -0.39 is 5.41 Å². The molecule has 0 saturated heterocycles. The normalized spacial score (nSPS) is 18.6. The van der Waals surface area contributed by atoms with E-state index in [1.807, 2.05) is 37.3 Å². The van der Waals surface area contributed by atoms with E-state index in [2.05, 4.69) is 11.4 Å². The van der Waals surface area contributed by atoms with Crippen molar-refractivity contribution in [3.63, 3.8) is 0 Å². The Morgan fingerprint density at radius 2 is 2.06 bits per heavy atom. The second-order valence-electron chi connectivity index (χ2n) is 4.65. The highest BCUT2D eigenvalue weighted by atomic mass is 16.2. The van der Waals surface area contributed by atoms with Gasteiger partial charge in [-0.25, -0.2) is 0 Å². The van der Waals surface area contributed by atoms with Crippen molar-refractivity contribution in [2.45, 2.75) is 32.2 Å². The van der Waals surface area contributed by atoms with Gasteiger partial charge in [-0.2, -0.15) is 5.26 Å². The van der Waals surface area contributed by atoms with Crippen LogP contribution in [0, 0.1) is 16.7 Å². The number of carbonyl (C=O) groups is 1. The summed E-state index contributed by atoms with van der Waals surface area (Å²) in [6, 6.07) is 11.9. The fourth-order valence-corrected chi connectivity index (χ4v) is 2.08. The molecule has 0 radical (unpaired) electrons. The Hall–Kier alpha value is -1.82. The van der Waals surface area contributed by atoms with E-state index in [9.17, 15) is 4.79 Å². The first-order valence-corrected chi connectivity index (χ1v) is 5.95. The number of nitrogens with zero attached hydrogens (tertiary/aromatic N) is 1. The van der Waals surface area contributed by atoms with Gasteiger partial charge in [-0.1, -0.05) is 30.3 Å². The lowest BCUT2D eigenvalue weighted by atomic mass is 9.69. The summed E-state index contributed by atoms with van der Waals surface area (Å²) in [6.45, 7) is 1.94. The molecule has 1 aliphatic rings. The van der Waals surface area contributed by atoms with Crippen molar-refractivity contribution in [2.75, 3.05) is 0 Å². The summed E-state index contributed by atoms with van der Waals surface area (Å²) in [4.78, 5) is 12.0. The fourth-order valence-electron chi connectivity index (χ4n) is 2.08. The first-order chi connectivity index (χ1) is 8.18. The molecule has 0 spiro atoms. The maximum Gasteiger partial charge on any atom is 0.240 e. The van der Waals surface area contributed by atoms with Crippen LogP contribution in [0.2, 0.25) is 0 Å². The SMILES string of the molecule is CC(NC(=O)C1(C#N)CCC1)c1ccccc1. The van der Waals surface area contributed by atoms with Crippen molar-refractivity contribution in [2.24, 2.45) is 5.41 Å². The summed E-state index contributed by atoms with van der Waals surface area (Å²) in [6.07, 6.45) is 2.36. The zero-order chi connectivity index (χ0) is 12.3. The second-order valence-corrected chi connectivity index (χ2v) is 4.65. The van der Waals surface area contributed by atoms with Crippen LogP contribution in [0.15, 0.2) is 30.3 Å². The Balaban J connectivity index is 2.03. The first kappa shape index (κ1) is 11.7. The van der Waals surface area contributed by atoms with Gasteiger partial charge in [-0.05, 0) is 31.7 Å². The molecule has 1 unspecified atom stereocenters. The molecule has 1 atom stereocenters. The molecule has 1 aromatic rings. The van der Waals surface area contributed by atoms with Gasteiger partial charge in [0.1, 0.15) is 5.41 Å². The minimum absolute atomic E-state index is 0.0467. The number of hydrogen-bond donors (Lipinski definition) is 1. The number of rotatable bonds is 3. The smallest absolute Gasteiger partial charge is 0.240 e. The van der Waals surface area contributed by atoms with Crippen molar-refractivity contribution in [1.82, 2.24) is 5.32 Å². The Morgan fingerprint density at radius 1 is 1.41 bits per heavy atom. The molecular weight excluding hydrogens is 212 g/mol. The van der Waals surface area contributed by atoms with E-state index in [4.69, 9.17) is 5.26 Å². The number of amides is 1. The monoisotopic (exact) mass is 228 g/mol.